The molecule has 0 spiro atoms. The van der Waals surface area contributed by atoms with E-state index in [2.05, 4.69) is 4.98 Å². The van der Waals surface area contributed by atoms with Crippen molar-refractivity contribution < 1.29 is 9.59 Å². The van der Waals surface area contributed by atoms with E-state index >= 15 is 0 Å². The standard InChI is InChI=1S/C12H13NO2S/c1-10(15)16-7-3-2-4-11-8-13-6-5-12(11)9-14/h2,4-6,8-9H,3,7H2,1H3. The lowest BCUT2D eigenvalue weighted by atomic mass is 10.1. The highest BCUT2D eigenvalue weighted by Gasteiger charge is 1.96. The summed E-state index contributed by atoms with van der Waals surface area (Å²) in [5.74, 6) is 0.766. The SMILES string of the molecule is CC(=O)SCCC=Cc1cnccc1C=O. The van der Waals surface area contributed by atoms with Gasteiger partial charge in [-0.2, -0.15) is 0 Å². The number of allylic oxidation sites excluding steroid dienone is 1. The summed E-state index contributed by atoms with van der Waals surface area (Å²) in [7, 11) is 0. The lowest BCUT2D eigenvalue weighted by Crippen LogP contribution is -1.87. The molecule has 1 aromatic rings. The van der Waals surface area contributed by atoms with Crippen molar-refractivity contribution in [2.24, 2.45) is 0 Å². The van der Waals surface area contributed by atoms with Gasteiger partial charge in [-0.15, -0.1) is 0 Å². The largest absolute Gasteiger partial charge is 0.298 e. The Balaban J connectivity index is 2.49. The number of carbonyl (C=O) groups excluding carboxylic acids is 2. The van der Waals surface area contributed by atoms with Crippen LogP contribution in [0.1, 0.15) is 29.3 Å². The summed E-state index contributed by atoms with van der Waals surface area (Å²) >= 11 is 1.30. The van der Waals surface area contributed by atoms with Gasteiger partial charge in [0.25, 0.3) is 0 Å². The lowest BCUT2D eigenvalue weighted by molar-refractivity contribution is -0.109. The molecule has 0 aliphatic carbocycles. The fourth-order valence-corrected chi connectivity index (χ4v) is 1.69. The molecule has 0 aliphatic heterocycles. The number of aromatic nitrogens is 1. The van der Waals surface area contributed by atoms with Crippen LogP contribution in [0, 0.1) is 0 Å². The van der Waals surface area contributed by atoms with E-state index in [1.54, 1.807) is 25.4 Å². The molecule has 0 fully saturated rings. The number of hydrogen-bond acceptors (Lipinski definition) is 4. The van der Waals surface area contributed by atoms with Crippen LogP contribution in [0.2, 0.25) is 0 Å². The second-order valence-electron chi connectivity index (χ2n) is 3.15. The van der Waals surface area contributed by atoms with Crippen LogP contribution in [0.3, 0.4) is 0 Å². The Hall–Kier alpha value is -1.42. The first-order valence-electron chi connectivity index (χ1n) is 4.93. The van der Waals surface area contributed by atoms with E-state index in [0.717, 1.165) is 24.0 Å². The van der Waals surface area contributed by atoms with Crippen LogP contribution < -0.4 is 0 Å². The van der Waals surface area contributed by atoms with E-state index in [0.29, 0.717) is 5.56 Å². The molecule has 0 amide bonds. The van der Waals surface area contributed by atoms with Crippen LogP contribution in [0.4, 0.5) is 0 Å². The second-order valence-corrected chi connectivity index (χ2v) is 4.43. The summed E-state index contributed by atoms with van der Waals surface area (Å²) in [6.07, 6.45) is 8.66. The summed E-state index contributed by atoms with van der Waals surface area (Å²) in [6.45, 7) is 1.56. The van der Waals surface area contributed by atoms with Crippen LogP contribution in [-0.2, 0) is 4.79 Å². The molecule has 0 N–H and O–H groups in total. The van der Waals surface area contributed by atoms with Crippen molar-refractivity contribution in [1.82, 2.24) is 4.98 Å². The van der Waals surface area contributed by atoms with Crippen molar-refractivity contribution in [3.05, 3.63) is 35.7 Å². The van der Waals surface area contributed by atoms with Crippen molar-refractivity contribution in [2.75, 3.05) is 5.75 Å². The molecule has 4 heteroatoms. The number of carbonyl (C=O) groups is 2. The highest BCUT2D eigenvalue weighted by Crippen LogP contribution is 2.09. The predicted octanol–water partition coefficient (Wildman–Crippen LogP) is 2.58. The van der Waals surface area contributed by atoms with Gasteiger partial charge in [-0.25, -0.2) is 0 Å². The molecule has 0 atom stereocenters. The predicted molar refractivity (Wildman–Crippen MR) is 66.4 cm³/mol. The minimum atomic E-state index is 0.128. The van der Waals surface area contributed by atoms with Gasteiger partial charge in [0.2, 0.25) is 0 Å². The third-order valence-electron chi connectivity index (χ3n) is 1.90. The number of hydrogen-bond donors (Lipinski definition) is 0. The van der Waals surface area contributed by atoms with Gasteiger partial charge in [0.05, 0.1) is 0 Å². The quantitative estimate of drug-likeness (QED) is 0.581. The second kappa shape index (κ2) is 6.95. The van der Waals surface area contributed by atoms with Crippen molar-refractivity contribution >= 4 is 29.2 Å². The average Bonchev–Trinajstić information content (AvgIpc) is 2.29. The maximum Gasteiger partial charge on any atom is 0.185 e. The molecule has 0 aromatic carbocycles. The number of aldehydes is 1. The molecular weight excluding hydrogens is 222 g/mol. The molecule has 1 rings (SSSR count). The Morgan fingerprint density at radius 3 is 3.00 bits per heavy atom. The highest BCUT2D eigenvalue weighted by molar-refractivity contribution is 8.13. The third kappa shape index (κ3) is 4.40. The van der Waals surface area contributed by atoms with E-state index in [9.17, 15) is 9.59 Å². The number of rotatable bonds is 5. The number of thioether (sulfide) groups is 1. The van der Waals surface area contributed by atoms with Crippen molar-refractivity contribution in [1.29, 1.82) is 0 Å². The first kappa shape index (κ1) is 12.6. The molecule has 0 unspecified atom stereocenters. The topological polar surface area (TPSA) is 47.0 Å². The molecule has 0 aliphatic rings. The molecule has 1 heterocycles. The van der Waals surface area contributed by atoms with Crippen LogP contribution >= 0.6 is 11.8 Å². The summed E-state index contributed by atoms with van der Waals surface area (Å²) in [5.41, 5.74) is 1.44. The Morgan fingerprint density at radius 1 is 1.50 bits per heavy atom. The van der Waals surface area contributed by atoms with Crippen molar-refractivity contribution in [3.63, 3.8) is 0 Å². The van der Waals surface area contributed by atoms with Crippen molar-refractivity contribution in [3.8, 4) is 0 Å². The van der Waals surface area contributed by atoms with E-state index < -0.39 is 0 Å². The minimum absolute atomic E-state index is 0.128. The lowest BCUT2D eigenvalue weighted by Gasteiger charge is -1.96. The maximum absolute atomic E-state index is 10.7. The number of nitrogens with zero attached hydrogens (tertiary/aromatic N) is 1. The third-order valence-corrected chi connectivity index (χ3v) is 2.75. The smallest absolute Gasteiger partial charge is 0.185 e. The van der Waals surface area contributed by atoms with Gasteiger partial charge in [-0.1, -0.05) is 23.9 Å². The van der Waals surface area contributed by atoms with Crippen LogP contribution in [-0.4, -0.2) is 22.1 Å². The fraction of sp³-hybridized carbons (Fsp3) is 0.250. The molecule has 0 radical (unpaired) electrons. The highest BCUT2D eigenvalue weighted by atomic mass is 32.2. The zero-order valence-electron chi connectivity index (χ0n) is 9.05. The first-order chi connectivity index (χ1) is 7.74. The van der Waals surface area contributed by atoms with Gasteiger partial charge in [-0.3, -0.25) is 14.6 Å². The maximum atomic E-state index is 10.7. The van der Waals surface area contributed by atoms with E-state index in [-0.39, 0.29) is 5.12 Å². The van der Waals surface area contributed by atoms with Gasteiger partial charge >= 0.3 is 0 Å². The Kier molecular flexibility index (Phi) is 5.50. The summed E-state index contributed by atoms with van der Waals surface area (Å²) in [6, 6.07) is 1.68. The molecule has 1 aromatic heterocycles. The van der Waals surface area contributed by atoms with Crippen LogP contribution in [0.25, 0.3) is 6.08 Å². The average molecular weight is 235 g/mol. The molecule has 3 nitrogen and oxygen atoms in total. The van der Waals surface area contributed by atoms with E-state index in [4.69, 9.17) is 0 Å². The molecule has 84 valence electrons. The normalized spacial score (nSPS) is 10.6. The Bertz CT molecular complexity index is 402. The summed E-state index contributed by atoms with van der Waals surface area (Å²) < 4.78 is 0. The molecule has 16 heavy (non-hydrogen) atoms. The molecular formula is C12H13NO2S. The van der Waals surface area contributed by atoms with E-state index in [1.165, 1.54) is 11.8 Å². The van der Waals surface area contributed by atoms with Crippen LogP contribution in [0.5, 0.6) is 0 Å². The summed E-state index contributed by atoms with van der Waals surface area (Å²) in [4.78, 5) is 25.3. The van der Waals surface area contributed by atoms with Gasteiger partial charge in [0.1, 0.15) is 0 Å². The Morgan fingerprint density at radius 2 is 2.31 bits per heavy atom. The zero-order valence-corrected chi connectivity index (χ0v) is 9.87. The Labute approximate surface area is 99.0 Å². The molecule has 0 saturated carbocycles. The van der Waals surface area contributed by atoms with Gasteiger partial charge < -0.3 is 0 Å². The monoisotopic (exact) mass is 235 g/mol. The molecule has 0 saturated heterocycles. The first-order valence-corrected chi connectivity index (χ1v) is 5.91. The minimum Gasteiger partial charge on any atom is -0.298 e. The number of pyridine rings is 1. The summed E-state index contributed by atoms with van der Waals surface area (Å²) in [5, 5.41) is 0.128. The van der Waals surface area contributed by atoms with Gasteiger partial charge in [0, 0.05) is 36.2 Å². The van der Waals surface area contributed by atoms with E-state index in [1.807, 2.05) is 12.2 Å². The zero-order chi connectivity index (χ0) is 11.8. The van der Waals surface area contributed by atoms with Gasteiger partial charge in [-0.05, 0) is 12.5 Å². The van der Waals surface area contributed by atoms with Crippen LogP contribution in [0.15, 0.2) is 24.5 Å². The fourth-order valence-electron chi connectivity index (χ4n) is 1.15. The van der Waals surface area contributed by atoms with Gasteiger partial charge in [0.15, 0.2) is 11.4 Å². The van der Waals surface area contributed by atoms with Crippen molar-refractivity contribution in [2.45, 2.75) is 13.3 Å². The molecule has 0 bridgehead atoms.